The summed E-state index contributed by atoms with van der Waals surface area (Å²) in [5, 5.41) is 21.6. The summed E-state index contributed by atoms with van der Waals surface area (Å²) in [7, 11) is 0. The largest absolute Gasteiger partial charge is 0.366 e. The molecule has 1 fully saturated rings. The van der Waals surface area contributed by atoms with Gasteiger partial charge < -0.3 is 5.11 Å². The Morgan fingerprint density at radius 1 is 1.25 bits per heavy atom. The van der Waals surface area contributed by atoms with Gasteiger partial charge in [-0.25, -0.2) is 4.39 Å². The highest BCUT2D eigenvalue weighted by Gasteiger charge is 2.51. The molecule has 0 aliphatic carbocycles. The number of rotatable bonds is 3. The van der Waals surface area contributed by atoms with Crippen LogP contribution in [-0.4, -0.2) is 27.9 Å². The number of aliphatic hydroxyl groups is 1. The molecular formula is C21H17FN2O2S2. The molecule has 7 heteroatoms. The molecule has 2 atom stereocenters. The lowest BCUT2D eigenvalue weighted by atomic mass is 9.85. The van der Waals surface area contributed by atoms with E-state index in [1.807, 2.05) is 30.5 Å². The predicted octanol–water partition coefficient (Wildman–Crippen LogP) is 4.19. The Labute approximate surface area is 171 Å². The first-order valence-electron chi connectivity index (χ1n) is 8.70. The van der Waals surface area contributed by atoms with E-state index in [0.717, 1.165) is 10.5 Å². The quantitative estimate of drug-likeness (QED) is 0.766. The first kappa shape index (κ1) is 19.1. The Morgan fingerprint density at radius 3 is 2.54 bits per heavy atom. The SMILES string of the molecule is CSc1ccc([C@@H]2CC(=O)N3C(=C2C#N)SC[C@]3(O)c2ccc(F)cc2)cc1. The highest BCUT2D eigenvalue weighted by atomic mass is 32.2. The zero-order valence-electron chi connectivity index (χ0n) is 15.1. The summed E-state index contributed by atoms with van der Waals surface area (Å²) < 4.78 is 13.3. The fourth-order valence-corrected chi connectivity index (χ4v) is 5.44. The number of hydrogen-bond donors (Lipinski definition) is 1. The molecule has 2 aromatic rings. The predicted molar refractivity (Wildman–Crippen MR) is 108 cm³/mol. The van der Waals surface area contributed by atoms with Gasteiger partial charge in [0.1, 0.15) is 5.82 Å². The van der Waals surface area contributed by atoms with Crippen LogP contribution in [0.3, 0.4) is 0 Å². The Balaban J connectivity index is 1.77. The second kappa shape index (κ2) is 7.28. The van der Waals surface area contributed by atoms with Crippen LogP contribution in [0, 0.1) is 17.1 Å². The van der Waals surface area contributed by atoms with Gasteiger partial charge in [0, 0.05) is 22.8 Å². The third kappa shape index (κ3) is 3.02. The van der Waals surface area contributed by atoms with Crippen molar-refractivity contribution in [2.45, 2.75) is 23.0 Å². The molecule has 2 aliphatic rings. The average molecular weight is 413 g/mol. The molecule has 2 aliphatic heterocycles. The Bertz CT molecular complexity index is 999. The van der Waals surface area contributed by atoms with Crippen molar-refractivity contribution in [2.24, 2.45) is 0 Å². The molecule has 1 N–H and O–H groups in total. The number of carbonyl (C=O) groups is 1. The Hall–Kier alpha value is -2.27. The second-order valence-electron chi connectivity index (χ2n) is 6.70. The lowest BCUT2D eigenvalue weighted by Crippen LogP contribution is -2.48. The summed E-state index contributed by atoms with van der Waals surface area (Å²) >= 11 is 2.92. The van der Waals surface area contributed by atoms with Crippen molar-refractivity contribution in [3.63, 3.8) is 0 Å². The average Bonchev–Trinajstić information content (AvgIpc) is 3.07. The van der Waals surface area contributed by atoms with Crippen molar-refractivity contribution in [3.05, 3.63) is 76.1 Å². The summed E-state index contributed by atoms with van der Waals surface area (Å²) in [5.74, 6) is -0.791. The summed E-state index contributed by atoms with van der Waals surface area (Å²) in [6.45, 7) is 0. The van der Waals surface area contributed by atoms with E-state index in [9.17, 15) is 19.6 Å². The third-order valence-electron chi connectivity index (χ3n) is 5.14. The highest BCUT2D eigenvalue weighted by molar-refractivity contribution is 8.03. The summed E-state index contributed by atoms with van der Waals surface area (Å²) in [6.07, 6.45) is 2.10. The van der Waals surface area contributed by atoms with Gasteiger partial charge in [-0.3, -0.25) is 9.69 Å². The van der Waals surface area contributed by atoms with Crippen LogP contribution in [0.5, 0.6) is 0 Å². The topological polar surface area (TPSA) is 64.3 Å². The van der Waals surface area contributed by atoms with E-state index in [1.54, 1.807) is 11.8 Å². The fraction of sp³-hybridized carbons (Fsp3) is 0.238. The molecule has 142 valence electrons. The molecule has 2 aromatic carbocycles. The van der Waals surface area contributed by atoms with E-state index < -0.39 is 11.5 Å². The number of fused-ring (bicyclic) bond motifs is 1. The van der Waals surface area contributed by atoms with Crippen LogP contribution in [0.1, 0.15) is 23.5 Å². The van der Waals surface area contributed by atoms with Gasteiger partial charge in [0.15, 0.2) is 5.72 Å². The van der Waals surface area contributed by atoms with E-state index in [0.29, 0.717) is 16.2 Å². The zero-order chi connectivity index (χ0) is 19.9. The van der Waals surface area contributed by atoms with E-state index in [4.69, 9.17) is 0 Å². The molecule has 2 heterocycles. The fourth-order valence-electron chi connectivity index (χ4n) is 3.68. The van der Waals surface area contributed by atoms with Gasteiger partial charge in [0.25, 0.3) is 0 Å². The molecule has 28 heavy (non-hydrogen) atoms. The minimum Gasteiger partial charge on any atom is -0.366 e. The van der Waals surface area contributed by atoms with Gasteiger partial charge in [-0.05, 0) is 36.1 Å². The third-order valence-corrected chi connectivity index (χ3v) is 7.10. The molecule has 0 spiro atoms. The standard InChI is InChI=1S/C21H17FN2O2S2/c1-27-16-8-2-13(3-9-16)17-10-19(25)24-20(18(17)11-23)28-12-21(24,26)14-4-6-15(22)7-5-14/h2-9,17,26H,10,12H2,1H3/t17-,21-/m0/s1. The van der Waals surface area contributed by atoms with Crippen LogP contribution >= 0.6 is 23.5 Å². The zero-order valence-corrected chi connectivity index (χ0v) is 16.7. The maximum atomic E-state index is 13.3. The van der Waals surface area contributed by atoms with Crippen LogP contribution in [0.2, 0.25) is 0 Å². The van der Waals surface area contributed by atoms with E-state index in [-0.39, 0.29) is 24.0 Å². The number of halogens is 1. The number of thioether (sulfide) groups is 2. The number of nitriles is 1. The molecule has 1 amide bonds. The number of carbonyl (C=O) groups excluding carboxylic acids is 1. The second-order valence-corrected chi connectivity index (χ2v) is 8.55. The Kier molecular flexibility index (Phi) is 4.96. The van der Waals surface area contributed by atoms with Crippen LogP contribution in [0.25, 0.3) is 0 Å². The van der Waals surface area contributed by atoms with Crippen LogP contribution in [-0.2, 0) is 10.5 Å². The van der Waals surface area contributed by atoms with E-state index in [1.165, 1.54) is 40.9 Å². The lowest BCUT2D eigenvalue weighted by Gasteiger charge is -2.38. The molecule has 1 saturated heterocycles. The molecule has 0 aromatic heterocycles. The number of nitrogens with zero attached hydrogens (tertiary/aromatic N) is 2. The molecule has 0 saturated carbocycles. The first-order valence-corrected chi connectivity index (χ1v) is 10.9. The Morgan fingerprint density at radius 2 is 1.93 bits per heavy atom. The van der Waals surface area contributed by atoms with Crippen molar-refractivity contribution >= 4 is 29.4 Å². The number of amides is 1. The summed E-state index contributed by atoms with van der Waals surface area (Å²) in [5.41, 5.74) is 0.248. The maximum Gasteiger partial charge on any atom is 0.231 e. The van der Waals surface area contributed by atoms with E-state index in [2.05, 4.69) is 6.07 Å². The minimum atomic E-state index is -1.58. The van der Waals surface area contributed by atoms with Gasteiger partial charge in [0.2, 0.25) is 5.91 Å². The lowest BCUT2D eigenvalue weighted by molar-refractivity contribution is -0.149. The highest BCUT2D eigenvalue weighted by Crippen LogP contribution is 2.51. The summed E-state index contributed by atoms with van der Waals surface area (Å²) in [4.78, 5) is 15.5. The smallest absolute Gasteiger partial charge is 0.231 e. The van der Waals surface area contributed by atoms with Crippen molar-refractivity contribution < 1.29 is 14.3 Å². The number of hydrogen-bond acceptors (Lipinski definition) is 5. The van der Waals surface area contributed by atoms with Crippen molar-refractivity contribution in [2.75, 3.05) is 12.0 Å². The van der Waals surface area contributed by atoms with Crippen molar-refractivity contribution in [1.82, 2.24) is 4.90 Å². The molecular weight excluding hydrogens is 395 g/mol. The van der Waals surface area contributed by atoms with Gasteiger partial charge >= 0.3 is 0 Å². The minimum absolute atomic E-state index is 0.106. The monoisotopic (exact) mass is 412 g/mol. The molecule has 4 nitrogen and oxygen atoms in total. The van der Waals surface area contributed by atoms with Gasteiger partial charge in [-0.15, -0.1) is 23.5 Å². The van der Waals surface area contributed by atoms with Gasteiger partial charge in [0.05, 0.1) is 22.4 Å². The van der Waals surface area contributed by atoms with E-state index >= 15 is 0 Å². The van der Waals surface area contributed by atoms with Gasteiger partial charge in [-0.2, -0.15) is 5.26 Å². The number of benzene rings is 2. The van der Waals surface area contributed by atoms with Crippen molar-refractivity contribution in [1.29, 1.82) is 5.26 Å². The van der Waals surface area contributed by atoms with Crippen LogP contribution in [0.4, 0.5) is 4.39 Å². The summed E-state index contributed by atoms with van der Waals surface area (Å²) in [6, 6.07) is 15.6. The molecule has 4 rings (SSSR count). The van der Waals surface area contributed by atoms with Crippen LogP contribution in [0.15, 0.2) is 64.0 Å². The first-order chi connectivity index (χ1) is 13.5. The number of allylic oxidation sites excluding steroid dienone is 1. The maximum absolute atomic E-state index is 13.3. The molecule has 0 radical (unpaired) electrons. The van der Waals surface area contributed by atoms with Gasteiger partial charge in [-0.1, -0.05) is 24.3 Å². The normalized spacial score (nSPS) is 24.3. The van der Waals surface area contributed by atoms with Crippen molar-refractivity contribution in [3.8, 4) is 6.07 Å². The molecule has 0 bridgehead atoms. The molecule has 0 unspecified atom stereocenters. The van der Waals surface area contributed by atoms with Crippen LogP contribution < -0.4 is 0 Å².